The van der Waals surface area contributed by atoms with Gasteiger partial charge in [0.25, 0.3) is 5.91 Å². The molecule has 0 radical (unpaired) electrons. The molecule has 2 nitrogen and oxygen atoms in total. The van der Waals surface area contributed by atoms with Crippen molar-refractivity contribution in [1.82, 2.24) is 0 Å². The Kier molecular flexibility index (Phi) is 4.02. The van der Waals surface area contributed by atoms with Crippen molar-refractivity contribution >= 4 is 22.9 Å². The SMILES string of the molecule is CN(C(=O)c1ccc(-c2ccc(F)cc2)s1)c1ccccc1. The Morgan fingerprint density at radius 1 is 0.955 bits per heavy atom. The highest BCUT2D eigenvalue weighted by molar-refractivity contribution is 7.17. The van der Waals surface area contributed by atoms with Gasteiger partial charge in [0.2, 0.25) is 0 Å². The van der Waals surface area contributed by atoms with Crippen molar-refractivity contribution in [3.63, 3.8) is 0 Å². The minimum absolute atomic E-state index is 0.0513. The lowest BCUT2D eigenvalue weighted by molar-refractivity contribution is 0.0997. The van der Waals surface area contributed by atoms with Gasteiger partial charge in [-0.25, -0.2) is 4.39 Å². The van der Waals surface area contributed by atoms with Crippen LogP contribution in [0.5, 0.6) is 0 Å². The van der Waals surface area contributed by atoms with Crippen LogP contribution in [-0.4, -0.2) is 13.0 Å². The number of carbonyl (C=O) groups is 1. The molecule has 0 bridgehead atoms. The molecule has 1 aromatic heterocycles. The molecule has 4 heteroatoms. The molecule has 0 aliphatic heterocycles. The fourth-order valence-corrected chi connectivity index (χ4v) is 3.14. The van der Waals surface area contributed by atoms with Crippen molar-refractivity contribution in [3.05, 3.63) is 77.4 Å². The normalized spacial score (nSPS) is 10.5. The largest absolute Gasteiger partial charge is 0.311 e. The highest BCUT2D eigenvalue weighted by atomic mass is 32.1. The number of para-hydroxylation sites is 1. The zero-order valence-electron chi connectivity index (χ0n) is 12.0. The minimum atomic E-state index is -0.264. The third-order valence-electron chi connectivity index (χ3n) is 3.39. The standard InChI is InChI=1S/C18H14FNOS/c1-20(15-5-3-2-4-6-15)18(21)17-12-11-16(22-17)13-7-9-14(19)10-8-13/h2-12H,1H3. The van der Waals surface area contributed by atoms with E-state index in [2.05, 4.69) is 0 Å². The second-order valence-electron chi connectivity index (χ2n) is 4.87. The molecule has 3 aromatic rings. The summed E-state index contributed by atoms with van der Waals surface area (Å²) < 4.78 is 13.0. The molecule has 3 rings (SSSR count). The lowest BCUT2D eigenvalue weighted by Gasteiger charge is -2.16. The molecule has 1 heterocycles. The Hall–Kier alpha value is -2.46. The van der Waals surface area contributed by atoms with Crippen LogP contribution in [0.15, 0.2) is 66.7 Å². The molecule has 0 saturated carbocycles. The maximum Gasteiger partial charge on any atom is 0.268 e. The van der Waals surface area contributed by atoms with E-state index in [0.717, 1.165) is 16.1 Å². The van der Waals surface area contributed by atoms with E-state index in [1.807, 2.05) is 42.5 Å². The Morgan fingerprint density at radius 3 is 2.32 bits per heavy atom. The van der Waals surface area contributed by atoms with Crippen LogP contribution in [0.2, 0.25) is 0 Å². The summed E-state index contributed by atoms with van der Waals surface area (Å²) in [5, 5.41) is 0. The van der Waals surface area contributed by atoms with Gasteiger partial charge in [0.05, 0.1) is 4.88 Å². The Labute approximate surface area is 132 Å². The number of hydrogen-bond donors (Lipinski definition) is 0. The molecule has 110 valence electrons. The summed E-state index contributed by atoms with van der Waals surface area (Å²) in [5.74, 6) is -0.315. The zero-order valence-corrected chi connectivity index (χ0v) is 12.8. The van der Waals surface area contributed by atoms with Crippen LogP contribution >= 0.6 is 11.3 Å². The van der Waals surface area contributed by atoms with Gasteiger partial charge in [-0.05, 0) is 42.0 Å². The molecule has 0 N–H and O–H groups in total. The number of benzene rings is 2. The van der Waals surface area contributed by atoms with Crippen molar-refractivity contribution in [3.8, 4) is 10.4 Å². The number of thiophene rings is 1. The fourth-order valence-electron chi connectivity index (χ4n) is 2.16. The summed E-state index contributed by atoms with van der Waals surface area (Å²) in [6.45, 7) is 0. The van der Waals surface area contributed by atoms with Crippen LogP contribution < -0.4 is 4.90 Å². The van der Waals surface area contributed by atoms with Crippen molar-refractivity contribution < 1.29 is 9.18 Å². The van der Waals surface area contributed by atoms with Gasteiger partial charge >= 0.3 is 0 Å². The zero-order chi connectivity index (χ0) is 15.5. The second-order valence-corrected chi connectivity index (χ2v) is 5.95. The first kappa shape index (κ1) is 14.5. The number of carbonyl (C=O) groups excluding carboxylic acids is 1. The molecular weight excluding hydrogens is 297 g/mol. The number of rotatable bonds is 3. The summed E-state index contributed by atoms with van der Waals surface area (Å²) in [6, 6.07) is 19.5. The van der Waals surface area contributed by atoms with E-state index in [1.54, 1.807) is 24.1 Å². The fraction of sp³-hybridized carbons (Fsp3) is 0.0556. The second kappa shape index (κ2) is 6.12. The molecule has 0 fully saturated rings. The van der Waals surface area contributed by atoms with Crippen molar-refractivity contribution in [2.45, 2.75) is 0 Å². The Morgan fingerprint density at radius 2 is 1.64 bits per heavy atom. The van der Waals surface area contributed by atoms with E-state index in [4.69, 9.17) is 0 Å². The molecular formula is C18H14FNOS. The first-order valence-electron chi connectivity index (χ1n) is 6.84. The Bertz CT molecular complexity index is 780. The first-order valence-corrected chi connectivity index (χ1v) is 7.66. The average Bonchev–Trinajstić information content (AvgIpc) is 3.05. The summed E-state index contributed by atoms with van der Waals surface area (Å²) >= 11 is 1.41. The van der Waals surface area contributed by atoms with Crippen LogP contribution in [0.4, 0.5) is 10.1 Å². The van der Waals surface area contributed by atoms with E-state index in [-0.39, 0.29) is 11.7 Å². The summed E-state index contributed by atoms with van der Waals surface area (Å²) in [6.07, 6.45) is 0. The van der Waals surface area contributed by atoms with Crippen molar-refractivity contribution in [1.29, 1.82) is 0 Å². The number of halogens is 1. The molecule has 22 heavy (non-hydrogen) atoms. The maximum atomic E-state index is 13.0. The molecule has 1 amide bonds. The number of amides is 1. The highest BCUT2D eigenvalue weighted by Crippen LogP contribution is 2.29. The molecule has 0 aliphatic carbocycles. The van der Waals surface area contributed by atoms with Crippen LogP contribution in [0.1, 0.15) is 9.67 Å². The quantitative estimate of drug-likeness (QED) is 0.678. The minimum Gasteiger partial charge on any atom is -0.311 e. The molecule has 0 spiro atoms. The van der Waals surface area contributed by atoms with Crippen LogP contribution in [0, 0.1) is 5.82 Å². The lowest BCUT2D eigenvalue weighted by Crippen LogP contribution is -2.25. The van der Waals surface area contributed by atoms with Gasteiger partial charge < -0.3 is 4.90 Å². The van der Waals surface area contributed by atoms with Crippen LogP contribution in [0.3, 0.4) is 0 Å². The summed E-state index contributed by atoms with van der Waals surface area (Å²) in [5.41, 5.74) is 1.76. The van der Waals surface area contributed by atoms with Gasteiger partial charge in [-0.3, -0.25) is 4.79 Å². The van der Waals surface area contributed by atoms with E-state index in [0.29, 0.717) is 4.88 Å². The Balaban J connectivity index is 1.84. The van der Waals surface area contributed by atoms with Crippen LogP contribution in [0.25, 0.3) is 10.4 Å². The molecule has 0 saturated heterocycles. The topological polar surface area (TPSA) is 20.3 Å². The molecule has 2 aromatic carbocycles. The molecule has 0 aliphatic rings. The predicted molar refractivity (Wildman–Crippen MR) is 88.9 cm³/mol. The van der Waals surface area contributed by atoms with Gasteiger partial charge in [0.15, 0.2) is 0 Å². The van der Waals surface area contributed by atoms with E-state index < -0.39 is 0 Å². The van der Waals surface area contributed by atoms with E-state index in [1.165, 1.54) is 23.5 Å². The van der Waals surface area contributed by atoms with Crippen molar-refractivity contribution in [2.24, 2.45) is 0 Å². The van der Waals surface area contributed by atoms with Gasteiger partial charge in [-0.1, -0.05) is 30.3 Å². The summed E-state index contributed by atoms with van der Waals surface area (Å²) in [4.78, 5) is 15.8. The van der Waals surface area contributed by atoms with Gasteiger partial charge in [-0.15, -0.1) is 11.3 Å². The average molecular weight is 311 g/mol. The van der Waals surface area contributed by atoms with Gasteiger partial charge in [0, 0.05) is 17.6 Å². The van der Waals surface area contributed by atoms with E-state index in [9.17, 15) is 9.18 Å². The molecule has 0 unspecified atom stereocenters. The number of anilines is 1. The van der Waals surface area contributed by atoms with Crippen LogP contribution in [-0.2, 0) is 0 Å². The smallest absolute Gasteiger partial charge is 0.268 e. The first-order chi connectivity index (χ1) is 10.6. The lowest BCUT2D eigenvalue weighted by atomic mass is 10.2. The predicted octanol–water partition coefficient (Wildman–Crippen LogP) is 4.83. The maximum absolute atomic E-state index is 13.0. The van der Waals surface area contributed by atoms with Crippen molar-refractivity contribution in [2.75, 3.05) is 11.9 Å². The third kappa shape index (κ3) is 2.92. The number of nitrogens with zero attached hydrogens (tertiary/aromatic N) is 1. The third-order valence-corrected chi connectivity index (χ3v) is 4.52. The van der Waals surface area contributed by atoms with Gasteiger partial charge in [0.1, 0.15) is 5.82 Å². The monoisotopic (exact) mass is 311 g/mol. The van der Waals surface area contributed by atoms with E-state index >= 15 is 0 Å². The number of hydrogen-bond acceptors (Lipinski definition) is 2. The molecule has 0 atom stereocenters. The summed E-state index contributed by atoms with van der Waals surface area (Å²) in [7, 11) is 1.76. The van der Waals surface area contributed by atoms with Gasteiger partial charge in [-0.2, -0.15) is 0 Å². The highest BCUT2D eigenvalue weighted by Gasteiger charge is 2.16.